The topological polar surface area (TPSA) is 39.9 Å². The highest BCUT2D eigenvalue weighted by atomic mass is 16.5. The molecule has 2 aromatic heterocycles. The van der Waals surface area contributed by atoms with E-state index in [1.807, 2.05) is 18.3 Å². The van der Waals surface area contributed by atoms with Crippen LogP contribution in [0.4, 0.5) is 0 Å². The van der Waals surface area contributed by atoms with E-state index in [2.05, 4.69) is 103 Å². The quantitative estimate of drug-likeness (QED) is 0.226. The van der Waals surface area contributed by atoms with Gasteiger partial charge < -0.3 is 4.74 Å². The minimum atomic E-state index is -0.0936. The largest absolute Gasteiger partial charge is 0.438 e. The molecule has 184 valence electrons. The van der Waals surface area contributed by atoms with Crippen LogP contribution < -0.4 is 4.74 Å². The van der Waals surface area contributed by atoms with Crippen LogP contribution in [0, 0.1) is 0 Å². The highest BCUT2D eigenvalue weighted by Crippen LogP contribution is 2.51. The van der Waals surface area contributed by atoms with E-state index in [9.17, 15) is 0 Å². The first-order valence-corrected chi connectivity index (χ1v) is 13.3. The fraction of sp³-hybridized carbons (Fsp3) is 0.0857. The Hall–Kier alpha value is -4.96. The molecule has 0 atom stereocenters. The van der Waals surface area contributed by atoms with Crippen molar-refractivity contribution in [3.63, 3.8) is 0 Å². The molecule has 4 heteroatoms. The second-order valence-corrected chi connectivity index (χ2v) is 11.1. The van der Waals surface area contributed by atoms with Crippen molar-refractivity contribution in [3.05, 3.63) is 114 Å². The summed E-state index contributed by atoms with van der Waals surface area (Å²) in [5.74, 6) is 2.03. The first-order valence-electron chi connectivity index (χ1n) is 13.3. The molecule has 0 spiro atoms. The summed E-state index contributed by atoms with van der Waals surface area (Å²) < 4.78 is 8.59. The highest BCUT2D eigenvalue weighted by Gasteiger charge is 2.36. The molecule has 1 aliphatic carbocycles. The fourth-order valence-corrected chi connectivity index (χ4v) is 6.83. The molecule has 9 rings (SSSR count). The molecule has 0 bridgehead atoms. The van der Waals surface area contributed by atoms with Crippen LogP contribution in [-0.2, 0) is 5.41 Å². The number of rotatable bonds is 1. The van der Waals surface area contributed by atoms with Crippen LogP contribution in [0.25, 0.3) is 60.8 Å². The molecule has 5 aromatic carbocycles. The summed E-state index contributed by atoms with van der Waals surface area (Å²) in [5, 5.41) is 4.65. The normalized spacial score (nSPS) is 14.3. The Morgan fingerprint density at radius 1 is 0.667 bits per heavy atom. The SMILES string of the molecule is CC1(C)c2ccccc2-c2cc3c4ccccc4n(-c4ncc5c(n4)Oc4cccc6cccc-5c46)c3cc21. The molecule has 0 radical (unpaired) electrons. The number of benzene rings is 5. The lowest BCUT2D eigenvalue weighted by Gasteiger charge is -2.22. The molecule has 0 amide bonds. The second-order valence-electron chi connectivity index (χ2n) is 11.1. The molecule has 0 N–H and O–H groups in total. The third-order valence-corrected chi connectivity index (χ3v) is 8.68. The molecule has 2 aliphatic rings. The van der Waals surface area contributed by atoms with Gasteiger partial charge in [0.1, 0.15) is 5.75 Å². The van der Waals surface area contributed by atoms with Crippen molar-refractivity contribution in [1.29, 1.82) is 0 Å². The number of fused-ring (bicyclic) bond motifs is 8. The van der Waals surface area contributed by atoms with Gasteiger partial charge in [0, 0.05) is 33.3 Å². The zero-order valence-electron chi connectivity index (χ0n) is 21.6. The van der Waals surface area contributed by atoms with Gasteiger partial charge in [-0.15, -0.1) is 0 Å². The minimum absolute atomic E-state index is 0.0936. The maximum absolute atomic E-state index is 6.40. The summed E-state index contributed by atoms with van der Waals surface area (Å²) in [4.78, 5) is 9.98. The van der Waals surface area contributed by atoms with E-state index in [1.165, 1.54) is 33.0 Å². The van der Waals surface area contributed by atoms with Crippen molar-refractivity contribution >= 4 is 32.6 Å². The molecular formula is C35H23N3O. The summed E-state index contributed by atoms with van der Waals surface area (Å²) in [5.41, 5.74) is 9.45. The average molecular weight is 502 g/mol. The average Bonchev–Trinajstić information content (AvgIpc) is 3.41. The summed E-state index contributed by atoms with van der Waals surface area (Å²) in [6.07, 6.45) is 1.91. The minimum Gasteiger partial charge on any atom is -0.438 e. The van der Waals surface area contributed by atoms with Gasteiger partial charge in [-0.25, -0.2) is 4.98 Å². The number of para-hydroxylation sites is 1. The van der Waals surface area contributed by atoms with E-state index in [0.717, 1.165) is 38.7 Å². The Balaban J connectivity index is 1.32. The predicted octanol–water partition coefficient (Wildman–Crippen LogP) is 8.81. The van der Waals surface area contributed by atoms with Gasteiger partial charge in [-0.3, -0.25) is 4.57 Å². The van der Waals surface area contributed by atoms with Crippen LogP contribution in [0.2, 0.25) is 0 Å². The molecule has 1 aliphatic heterocycles. The van der Waals surface area contributed by atoms with E-state index in [-0.39, 0.29) is 5.41 Å². The number of ether oxygens (including phenoxy) is 1. The van der Waals surface area contributed by atoms with Crippen molar-refractivity contribution in [3.8, 4) is 39.8 Å². The Labute approximate surface area is 225 Å². The van der Waals surface area contributed by atoms with E-state index >= 15 is 0 Å². The summed E-state index contributed by atoms with van der Waals surface area (Å²) >= 11 is 0. The number of nitrogens with zero attached hydrogens (tertiary/aromatic N) is 3. The van der Waals surface area contributed by atoms with E-state index in [0.29, 0.717) is 11.8 Å². The molecule has 39 heavy (non-hydrogen) atoms. The molecule has 0 unspecified atom stereocenters. The number of hydrogen-bond acceptors (Lipinski definition) is 3. The Bertz CT molecular complexity index is 2180. The maximum atomic E-state index is 6.40. The molecule has 0 fully saturated rings. The van der Waals surface area contributed by atoms with Crippen molar-refractivity contribution in [2.75, 3.05) is 0 Å². The van der Waals surface area contributed by atoms with Crippen molar-refractivity contribution < 1.29 is 4.74 Å². The van der Waals surface area contributed by atoms with Crippen LogP contribution in [0.3, 0.4) is 0 Å². The Kier molecular flexibility index (Phi) is 3.84. The fourth-order valence-electron chi connectivity index (χ4n) is 6.83. The van der Waals surface area contributed by atoms with Gasteiger partial charge in [0.15, 0.2) is 0 Å². The third-order valence-electron chi connectivity index (χ3n) is 8.68. The Morgan fingerprint density at radius 3 is 2.38 bits per heavy atom. The van der Waals surface area contributed by atoms with Crippen molar-refractivity contribution in [2.45, 2.75) is 19.3 Å². The molecular weight excluding hydrogens is 478 g/mol. The molecule has 0 saturated heterocycles. The smallest absolute Gasteiger partial charge is 0.237 e. The Morgan fingerprint density at radius 2 is 1.46 bits per heavy atom. The lowest BCUT2D eigenvalue weighted by molar-refractivity contribution is 0.464. The monoisotopic (exact) mass is 501 g/mol. The van der Waals surface area contributed by atoms with E-state index in [4.69, 9.17) is 14.7 Å². The zero-order chi connectivity index (χ0) is 25.9. The maximum Gasteiger partial charge on any atom is 0.237 e. The molecule has 0 saturated carbocycles. The summed E-state index contributed by atoms with van der Waals surface area (Å²) in [7, 11) is 0. The summed E-state index contributed by atoms with van der Waals surface area (Å²) in [6.45, 7) is 4.63. The van der Waals surface area contributed by atoms with E-state index in [1.54, 1.807) is 0 Å². The first kappa shape index (κ1) is 21.0. The lowest BCUT2D eigenvalue weighted by atomic mass is 9.82. The standard InChI is InChI=1S/C35H23N3O/c1-35(2)27-14-5-3-11-21(27)24-17-25-22-12-4-6-15-29(22)38(30(25)18-28(24)35)34-36-19-26-23-13-7-9-20-10-8-16-31(32(20)23)39-33(26)37-34/h3-19H,1-2H3. The van der Waals surface area contributed by atoms with Crippen LogP contribution in [-0.4, -0.2) is 14.5 Å². The summed E-state index contributed by atoms with van der Waals surface area (Å²) in [6, 6.07) is 34.5. The van der Waals surface area contributed by atoms with Gasteiger partial charge >= 0.3 is 0 Å². The van der Waals surface area contributed by atoms with Gasteiger partial charge in [-0.1, -0.05) is 86.6 Å². The predicted molar refractivity (Wildman–Crippen MR) is 157 cm³/mol. The van der Waals surface area contributed by atoms with Crippen molar-refractivity contribution in [2.24, 2.45) is 0 Å². The second kappa shape index (κ2) is 7.12. The van der Waals surface area contributed by atoms with Gasteiger partial charge in [-0.2, -0.15) is 4.98 Å². The zero-order valence-corrected chi connectivity index (χ0v) is 21.6. The lowest BCUT2D eigenvalue weighted by Crippen LogP contribution is -2.15. The molecule has 4 nitrogen and oxygen atoms in total. The van der Waals surface area contributed by atoms with Crippen LogP contribution in [0.1, 0.15) is 25.0 Å². The number of aromatic nitrogens is 3. The highest BCUT2D eigenvalue weighted by molar-refractivity contribution is 6.11. The van der Waals surface area contributed by atoms with Crippen LogP contribution in [0.15, 0.2) is 103 Å². The molecule has 3 heterocycles. The van der Waals surface area contributed by atoms with Crippen LogP contribution in [0.5, 0.6) is 11.6 Å². The van der Waals surface area contributed by atoms with E-state index < -0.39 is 0 Å². The third kappa shape index (κ3) is 2.63. The van der Waals surface area contributed by atoms with Gasteiger partial charge in [0.25, 0.3) is 0 Å². The van der Waals surface area contributed by atoms with Crippen molar-refractivity contribution in [1.82, 2.24) is 14.5 Å². The van der Waals surface area contributed by atoms with Gasteiger partial charge in [0.05, 0.1) is 16.6 Å². The first-order chi connectivity index (χ1) is 19.1. The number of hydrogen-bond donors (Lipinski definition) is 0. The van der Waals surface area contributed by atoms with Gasteiger partial charge in [-0.05, 0) is 51.9 Å². The van der Waals surface area contributed by atoms with Crippen LogP contribution >= 0.6 is 0 Å². The molecule has 7 aromatic rings. The van der Waals surface area contributed by atoms with Gasteiger partial charge in [0.2, 0.25) is 11.8 Å².